The van der Waals surface area contributed by atoms with Crippen LogP contribution in [0.5, 0.6) is 0 Å². The lowest BCUT2D eigenvalue weighted by Gasteiger charge is -2.39. The third kappa shape index (κ3) is 4.22. The molecular weight excluding hydrogens is 290 g/mol. The molecule has 0 aliphatic carbocycles. The van der Waals surface area contributed by atoms with Gasteiger partial charge >= 0.3 is 0 Å². The minimum atomic E-state index is -0.173. The Balaban J connectivity index is 1.91. The average molecular weight is 314 g/mol. The van der Waals surface area contributed by atoms with Crippen molar-refractivity contribution in [3.8, 4) is 0 Å². The summed E-state index contributed by atoms with van der Waals surface area (Å²) in [4.78, 5) is 16.9. The molecular formula is C15H24ClN3O2. The van der Waals surface area contributed by atoms with Crippen molar-refractivity contribution in [2.75, 3.05) is 39.8 Å². The molecule has 1 aromatic rings. The predicted molar refractivity (Wildman–Crippen MR) is 83.7 cm³/mol. The quantitative estimate of drug-likeness (QED) is 0.902. The molecule has 1 aliphatic rings. The minimum Gasteiger partial charge on any atom is -0.452 e. The first-order chi connectivity index (χ1) is 9.99. The van der Waals surface area contributed by atoms with Crippen LogP contribution in [0.15, 0.2) is 16.7 Å². The van der Waals surface area contributed by atoms with Gasteiger partial charge in [-0.15, -0.1) is 0 Å². The molecule has 1 aliphatic heterocycles. The molecule has 2 rings (SSSR count). The number of carbonyl (C=O) groups excluding carboxylic acids is 1. The Kier molecular flexibility index (Phi) is 5.67. The van der Waals surface area contributed by atoms with Crippen LogP contribution in [0.1, 0.15) is 24.2 Å². The maximum Gasteiger partial charge on any atom is 0.256 e. The number of rotatable bonds is 5. The van der Waals surface area contributed by atoms with E-state index in [9.17, 15) is 4.79 Å². The molecule has 1 unspecified atom stereocenters. The molecule has 0 radical (unpaired) electrons. The largest absolute Gasteiger partial charge is 0.452 e. The molecule has 2 heterocycles. The Morgan fingerprint density at radius 1 is 1.38 bits per heavy atom. The van der Waals surface area contributed by atoms with E-state index in [4.69, 9.17) is 16.0 Å². The van der Waals surface area contributed by atoms with Crippen molar-refractivity contribution in [3.63, 3.8) is 0 Å². The Morgan fingerprint density at radius 2 is 2.05 bits per heavy atom. The Labute approximate surface area is 131 Å². The van der Waals surface area contributed by atoms with Gasteiger partial charge in [0.05, 0.1) is 11.8 Å². The topological polar surface area (TPSA) is 48.7 Å². The van der Waals surface area contributed by atoms with E-state index in [1.54, 1.807) is 6.07 Å². The van der Waals surface area contributed by atoms with E-state index in [0.29, 0.717) is 24.1 Å². The molecule has 1 fully saturated rings. The first-order valence-electron chi connectivity index (χ1n) is 7.43. The van der Waals surface area contributed by atoms with Gasteiger partial charge in [0.25, 0.3) is 5.91 Å². The third-order valence-electron chi connectivity index (χ3n) is 4.11. The highest BCUT2D eigenvalue weighted by atomic mass is 35.5. The molecule has 1 atom stereocenters. The van der Waals surface area contributed by atoms with Crippen LogP contribution in [0.4, 0.5) is 0 Å². The zero-order valence-corrected chi connectivity index (χ0v) is 13.7. The number of nitrogens with one attached hydrogen (secondary N) is 1. The molecule has 1 aromatic heterocycles. The second kappa shape index (κ2) is 7.29. The molecule has 6 heteroatoms. The average Bonchev–Trinajstić information content (AvgIpc) is 2.86. The first kappa shape index (κ1) is 16.3. The minimum absolute atomic E-state index is 0.146. The van der Waals surface area contributed by atoms with E-state index < -0.39 is 0 Å². The van der Waals surface area contributed by atoms with E-state index in [2.05, 4.69) is 36.0 Å². The van der Waals surface area contributed by atoms with E-state index in [1.807, 2.05) is 0 Å². The van der Waals surface area contributed by atoms with Gasteiger partial charge in [-0.3, -0.25) is 9.69 Å². The van der Waals surface area contributed by atoms with Crippen LogP contribution in [0.3, 0.4) is 0 Å². The Morgan fingerprint density at radius 3 is 2.57 bits per heavy atom. The summed E-state index contributed by atoms with van der Waals surface area (Å²) in [6.07, 6.45) is 1.43. The van der Waals surface area contributed by atoms with Crippen molar-refractivity contribution in [1.29, 1.82) is 0 Å². The number of hydrogen-bond donors (Lipinski definition) is 1. The summed E-state index contributed by atoms with van der Waals surface area (Å²) in [7, 11) is 2.14. The molecule has 5 nitrogen and oxygen atoms in total. The van der Waals surface area contributed by atoms with E-state index >= 15 is 0 Å². The van der Waals surface area contributed by atoms with E-state index in [0.717, 1.165) is 26.2 Å². The number of amides is 1. The van der Waals surface area contributed by atoms with Gasteiger partial charge in [0, 0.05) is 38.8 Å². The second-order valence-electron chi connectivity index (χ2n) is 5.97. The van der Waals surface area contributed by atoms with Gasteiger partial charge in [0.15, 0.2) is 0 Å². The fourth-order valence-corrected chi connectivity index (χ4v) is 2.89. The van der Waals surface area contributed by atoms with Gasteiger partial charge in [-0.1, -0.05) is 13.8 Å². The van der Waals surface area contributed by atoms with Crippen LogP contribution in [-0.2, 0) is 0 Å². The highest BCUT2D eigenvalue weighted by Crippen LogP contribution is 2.17. The molecule has 1 amide bonds. The van der Waals surface area contributed by atoms with Gasteiger partial charge in [-0.05, 0) is 30.6 Å². The molecule has 0 saturated carbocycles. The number of piperazine rings is 1. The van der Waals surface area contributed by atoms with Crippen molar-refractivity contribution >= 4 is 17.5 Å². The summed E-state index contributed by atoms with van der Waals surface area (Å²) in [5, 5.41) is 3.12. The van der Waals surface area contributed by atoms with Crippen molar-refractivity contribution < 1.29 is 9.21 Å². The summed E-state index contributed by atoms with van der Waals surface area (Å²) in [5.41, 5.74) is 0.401. The first-order valence-corrected chi connectivity index (χ1v) is 7.80. The zero-order chi connectivity index (χ0) is 15.4. The maximum atomic E-state index is 12.1. The van der Waals surface area contributed by atoms with Gasteiger partial charge < -0.3 is 14.6 Å². The summed E-state index contributed by atoms with van der Waals surface area (Å²) in [6.45, 7) is 9.25. The molecule has 21 heavy (non-hydrogen) atoms. The monoisotopic (exact) mass is 313 g/mol. The molecule has 1 saturated heterocycles. The molecule has 0 bridgehead atoms. The number of nitrogens with zero attached hydrogens (tertiary/aromatic N) is 2. The van der Waals surface area contributed by atoms with Gasteiger partial charge in [0.2, 0.25) is 5.22 Å². The van der Waals surface area contributed by atoms with Gasteiger partial charge in [0.1, 0.15) is 0 Å². The van der Waals surface area contributed by atoms with Crippen LogP contribution in [0.25, 0.3) is 0 Å². The van der Waals surface area contributed by atoms with Crippen LogP contribution >= 0.6 is 11.6 Å². The predicted octanol–water partition coefficient (Wildman–Crippen LogP) is 1.93. The highest BCUT2D eigenvalue weighted by Gasteiger charge is 2.25. The van der Waals surface area contributed by atoms with Crippen molar-refractivity contribution in [3.05, 3.63) is 23.1 Å². The van der Waals surface area contributed by atoms with Crippen LogP contribution in [0.2, 0.25) is 5.22 Å². The van der Waals surface area contributed by atoms with Gasteiger partial charge in [-0.25, -0.2) is 0 Å². The normalized spacial score (nSPS) is 18.9. The fourth-order valence-electron chi connectivity index (χ4n) is 2.69. The summed E-state index contributed by atoms with van der Waals surface area (Å²) >= 11 is 5.83. The van der Waals surface area contributed by atoms with Crippen LogP contribution < -0.4 is 5.32 Å². The lowest BCUT2D eigenvalue weighted by Crippen LogP contribution is -2.54. The standard InChI is InChI=1S/C15H24ClN3O2/c1-11(2)13(19-7-5-18(3)6-8-19)10-17-15(20)12-4-9-21-14(12)16/h4,9,11,13H,5-8,10H2,1-3H3,(H,17,20). The smallest absolute Gasteiger partial charge is 0.256 e. The third-order valence-corrected chi connectivity index (χ3v) is 4.40. The van der Waals surface area contributed by atoms with Gasteiger partial charge in [-0.2, -0.15) is 0 Å². The number of furan rings is 1. The maximum absolute atomic E-state index is 12.1. The van der Waals surface area contributed by atoms with Crippen molar-refractivity contribution in [2.24, 2.45) is 5.92 Å². The zero-order valence-electron chi connectivity index (χ0n) is 12.9. The van der Waals surface area contributed by atoms with Crippen LogP contribution in [0, 0.1) is 5.92 Å². The number of likely N-dealkylation sites (N-methyl/N-ethyl adjacent to an activating group) is 1. The second-order valence-corrected chi connectivity index (χ2v) is 6.31. The van der Waals surface area contributed by atoms with Crippen molar-refractivity contribution in [2.45, 2.75) is 19.9 Å². The van der Waals surface area contributed by atoms with Crippen molar-refractivity contribution in [1.82, 2.24) is 15.1 Å². The number of hydrogen-bond acceptors (Lipinski definition) is 4. The Hall–Kier alpha value is -1.04. The van der Waals surface area contributed by atoms with E-state index in [1.165, 1.54) is 6.26 Å². The molecule has 1 N–H and O–H groups in total. The molecule has 0 spiro atoms. The van der Waals surface area contributed by atoms with Crippen LogP contribution in [-0.4, -0.2) is 61.5 Å². The lowest BCUT2D eigenvalue weighted by molar-refractivity contribution is 0.0790. The van der Waals surface area contributed by atoms with E-state index in [-0.39, 0.29) is 11.1 Å². The Bertz CT molecular complexity index is 467. The SMILES string of the molecule is CC(C)C(CNC(=O)c1ccoc1Cl)N1CCN(C)CC1. The lowest BCUT2D eigenvalue weighted by atomic mass is 10.0. The summed E-state index contributed by atoms with van der Waals surface area (Å²) < 4.78 is 4.96. The highest BCUT2D eigenvalue weighted by molar-refractivity contribution is 6.32. The fraction of sp³-hybridized carbons (Fsp3) is 0.667. The summed E-state index contributed by atoms with van der Waals surface area (Å²) in [5.74, 6) is 0.307. The number of carbonyl (C=O) groups is 1. The molecule has 0 aromatic carbocycles. The molecule has 118 valence electrons. The summed E-state index contributed by atoms with van der Waals surface area (Å²) in [6, 6.07) is 1.94. The number of halogens is 1.